The molecule has 0 fully saturated rings. The first kappa shape index (κ1) is 44.8. The molecular formula is C36H66O4Pb. The van der Waals surface area contributed by atoms with Crippen LogP contribution in [0, 0.1) is 0 Å². The smallest absolute Gasteiger partial charge is 0.550 e. The Kier molecular flexibility index (Phi) is 45.3. The van der Waals surface area contributed by atoms with Crippen LogP contribution < -0.4 is 10.2 Å². The number of hydrogen-bond donors (Lipinski definition) is 0. The van der Waals surface area contributed by atoms with Crippen LogP contribution in [0.2, 0.25) is 0 Å². The van der Waals surface area contributed by atoms with Gasteiger partial charge in [-0.1, -0.05) is 141 Å². The van der Waals surface area contributed by atoms with E-state index in [0.29, 0.717) is 0 Å². The first-order valence-electron chi connectivity index (χ1n) is 17.2. The normalized spacial score (nSPS) is 11.0. The SMILES string of the molecule is CCCCCCCCC=CCCCCCCCC(=O)[O-].CCCCCCCCC=CCCCCCCCC(=O)[O-].[Pb+2]. The second-order valence-corrected chi connectivity index (χ2v) is 11.4. The summed E-state index contributed by atoms with van der Waals surface area (Å²) >= 11 is 0. The summed E-state index contributed by atoms with van der Waals surface area (Å²) in [6.45, 7) is 4.51. The Bertz CT molecular complexity index is 524. The van der Waals surface area contributed by atoms with Crippen LogP contribution in [0.4, 0.5) is 0 Å². The van der Waals surface area contributed by atoms with E-state index in [4.69, 9.17) is 0 Å². The standard InChI is InChI=1S/2C18H34O2.Pb/c2*1-2-3-4-5-6-7-8-9-10-11-12-13-14-15-16-17-18(19)20;/h2*9-10H,2-8,11-17H2,1H3,(H,19,20);/q;;+2/p-2. The topological polar surface area (TPSA) is 80.3 Å². The van der Waals surface area contributed by atoms with Gasteiger partial charge < -0.3 is 19.8 Å². The third-order valence-electron chi connectivity index (χ3n) is 7.29. The third kappa shape index (κ3) is 49.3. The van der Waals surface area contributed by atoms with E-state index in [9.17, 15) is 19.8 Å². The van der Waals surface area contributed by atoms with Gasteiger partial charge in [-0.05, 0) is 77.0 Å². The molecule has 0 aromatic rings. The number of aliphatic carboxylic acids is 2. The summed E-state index contributed by atoms with van der Waals surface area (Å²) in [5, 5.41) is 20.4. The Morgan fingerprint density at radius 3 is 0.854 bits per heavy atom. The van der Waals surface area contributed by atoms with E-state index in [0.717, 1.165) is 38.5 Å². The Morgan fingerprint density at radius 2 is 0.610 bits per heavy atom. The number of carboxylic acid groups (broad SMARTS) is 2. The summed E-state index contributed by atoms with van der Waals surface area (Å²) in [4.78, 5) is 20.4. The molecule has 0 aromatic heterocycles. The second-order valence-electron chi connectivity index (χ2n) is 11.4. The van der Waals surface area contributed by atoms with E-state index in [1.165, 1.54) is 128 Å². The molecule has 5 heteroatoms. The molecule has 0 aliphatic rings. The van der Waals surface area contributed by atoms with Crippen LogP contribution in [0.25, 0.3) is 0 Å². The minimum absolute atomic E-state index is 0. The zero-order valence-electron chi connectivity index (χ0n) is 27.2. The summed E-state index contributed by atoms with van der Waals surface area (Å²) < 4.78 is 0. The zero-order chi connectivity index (χ0) is 29.8. The Hall–Kier alpha value is -0.658. The fourth-order valence-corrected chi connectivity index (χ4v) is 4.68. The minimum atomic E-state index is -0.914. The van der Waals surface area contributed by atoms with Crippen molar-refractivity contribution in [2.75, 3.05) is 0 Å². The fourth-order valence-electron chi connectivity index (χ4n) is 4.68. The second kappa shape index (κ2) is 41.5. The molecule has 0 atom stereocenters. The van der Waals surface area contributed by atoms with Crippen LogP contribution in [-0.2, 0) is 9.59 Å². The van der Waals surface area contributed by atoms with Crippen LogP contribution >= 0.6 is 0 Å². The molecule has 0 bridgehead atoms. The minimum Gasteiger partial charge on any atom is -0.550 e. The van der Waals surface area contributed by atoms with E-state index in [2.05, 4.69) is 38.2 Å². The maximum Gasteiger partial charge on any atom is 2.00 e. The molecule has 0 aromatic carbocycles. The fraction of sp³-hybridized carbons (Fsp3) is 0.833. The molecule has 0 N–H and O–H groups in total. The van der Waals surface area contributed by atoms with Crippen molar-refractivity contribution in [1.29, 1.82) is 0 Å². The van der Waals surface area contributed by atoms with Crippen molar-refractivity contribution in [2.45, 2.75) is 194 Å². The van der Waals surface area contributed by atoms with Crippen molar-refractivity contribution in [2.24, 2.45) is 0 Å². The van der Waals surface area contributed by atoms with Crippen LogP contribution in [-0.4, -0.2) is 39.2 Å². The van der Waals surface area contributed by atoms with Gasteiger partial charge in [0.05, 0.1) is 0 Å². The number of carbonyl (C=O) groups is 2. The van der Waals surface area contributed by atoms with E-state index in [-0.39, 0.29) is 40.1 Å². The molecule has 0 saturated heterocycles. The van der Waals surface area contributed by atoms with Gasteiger partial charge in [0.1, 0.15) is 0 Å². The monoisotopic (exact) mass is 770 g/mol. The van der Waals surface area contributed by atoms with Gasteiger partial charge in [-0.3, -0.25) is 0 Å². The van der Waals surface area contributed by atoms with Gasteiger partial charge in [-0.25, -0.2) is 0 Å². The van der Waals surface area contributed by atoms with Gasteiger partial charge in [0.2, 0.25) is 0 Å². The number of unbranched alkanes of at least 4 members (excludes halogenated alkanes) is 22. The number of rotatable bonds is 30. The van der Waals surface area contributed by atoms with Crippen molar-refractivity contribution < 1.29 is 19.8 Å². The predicted octanol–water partition coefficient (Wildman–Crippen LogP) is 9.17. The van der Waals surface area contributed by atoms with E-state index >= 15 is 0 Å². The zero-order valence-corrected chi connectivity index (χ0v) is 31.1. The maximum atomic E-state index is 10.2. The van der Waals surface area contributed by atoms with Crippen LogP contribution in [0.1, 0.15) is 194 Å². The quantitative estimate of drug-likeness (QED) is 0.0415. The molecule has 0 unspecified atom stereocenters. The van der Waals surface area contributed by atoms with Gasteiger partial charge in [-0.2, -0.15) is 0 Å². The number of carbonyl (C=O) groups excluding carboxylic acids is 2. The Labute approximate surface area is 275 Å². The van der Waals surface area contributed by atoms with Crippen molar-refractivity contribution in [1.82, 2.24) is 0 Å². The molecule has 4 nitrogen and oxygen atoms in total. The number of carboxylic acids is 2. The van der Waals surface area contributed by atoms with Crippen molar-refractivity contribution >= 4 is 39.2 Å². The van der Waals surface area contributed by atoms with Gasteiger partial charge in [0.15, 0.2) is 0 Å². The van der Waals surface area contributed by atoms with E-state index in [1.54, 1.807) is 0 Å². The molecule has 2 radical (unpaired) electrons. The molecule has 0 amide bonds. The molecular weight excluding hydrogens is 704 g/mol. The van der Waals surface area contributed by atoms with Gasteiger partial charge >= 0.3 is 27.3 Å². The third-order valence-corrected chi connectivity index (χ3v) is 7.29. The summed E-state index contributed by atoms with van der Waals surface area (Å²) in [7, 11) is 0. The van der Waals surface area contributed by atoms with Crippen LogP contribution in [0.15, 0.2) is 24.3 Å². The van der Waals surface area contributed by atoms with Gasteiger partial charge in [0.25, 0.3) is 0 Å². The summed E-state index contributed by atoms with van der Waals surface area (Å²) in [5.41, 5.74) is 0. The molecule has 0 saturated carbocycles. The van der Waals surface area contributed by atoms with Gasteiger partial charge in [-0.15, -0.1) is 0 Å². The summed E-state index contributed by atoms with van der Waals surface area (Å²) in [6.07, 6.45) is 41.8. The average Bonchev–Trinajstić information content (AvgIpc) is 2.93. The Balaban J connectivity index is -0.000000688. The van der Waals surface area contributed by atoms with Crippen molar-refractivity contribution in [3.05, 3.63) is 24.3 Å². The van der Waals surface area contributed by atoms with Gasteiger partial charge in [0, 0.05) is 11.9 Å². The largest absolute Gasteiger partial charge is 2.00 e. The van der Waals surface area contributed by atoms with Crippen LogP contribution in [0.5, 0.6) is 0 Å². The maximum absolute atomic E-state index is 10.2. The molecule has 0 heterocycles. The van der Waals surface area contributed by atoms with E-state index in [1.807, 2.05) is 0 Å². The summed E-state index contributed by atoms with van der Waals surface area (Å²) in [6, 6.07) is 0. The Morgan fingerprint density at radius 1 is 0.390 bits per heavy atom. The van der Waals surface area contributed by atoms with Crippen LogP contribution in [0.3, 0.4) is 0 Å². The molecule has 41 heavy (non-hydrogen) atoms. The molecule has 0 aliphatic heterocycles. The first-order valence-corrected chi connectivity index (χ1v) is 17.2. The van der Waals surface area contributed by atoms with Crippen molar-refractivity contribution in [3.8, 4) is 0 Å². The molecule has 0 aliphatic carbocycles. The molecule has 0 spiro atoms. The van der Waals surface area contributed by atoms with Crippen molar-refractivity contribution in [3.63, 3.8) is 0 Å². The summed E-state index contributed by atoms with van der Waals surface area (Å²) in [5.74, 6) is -1.83. The average molecular weight is 770 g/mol. The molecule has 238 valence electrons. The molecule has 0 rings (SSSR count). The number of hydrogen-bond acceptors (Lipinski definition) is 4. The number of allylic oxidation sites excluding steroid dienone is 4. The van der Waals surface area contributed by atoms with E-state index < -0.39 is 11.9 Å². The predicted molar refractivity (Wildman–Crippen MR) is 175 cm³/mol. The first-order chi connectivity index (χ1) is 19.5.